The molecular weight excluding hydrogens is 917 g/mol. The average molecular weight is 978 g/mol. The highest BCUT2D eigenvalue weighted by Crippen LogP contribution is 2.45. The van der Waals surface area contributed by atoms with Gasteiger partial charge in [0.1, 0.15) is 92.9 Å². The number of anilines is 1. The number of ether oxygens (including phenoxy) is 6. The van der Waals surface area contributed by atoms with E-state index in [1.54, 1.807) is 0 Å². The van der Waals surface area contributed by atoms with Crippen LogP contribution in [0.5, 0.6) is 34.5 Å². The maximum absolute atomic E-state index is 6.85. The van der Waals surface area contributed by atoms with Gasteiger partial charge in [-0.25, -0.2) is 0 Å². The van der Waals surface area contributed by atoms with Crippen LogP contribution in [0.3, 0.4) is 0 Å². The Balaban J connectivity index is 0.913. The number of rotatable bonds is 20. The zero-order chi connectivity index (χ0) is 50.1. The third kappa shape index (κ3) is 11.9. The second-order valence-corrected chi connectivity index (χ2v) is 19.7. The number of hydrogen-bond donors (Lipinski definition) is 0. The standard InChI is InChI=1S/C66H61N2O6/c1-48-23-25-65-58(28-48)40-68(47-67(65)38-57-27-49(2)24-26-66(57)68)39-54-29-59(73-45-55-31-61(69-41-50-15-7-3-8-16-50)36-62(32-55)70-42-51-17-9-4-10-18-51)35-60(30-54)74-46-56-33-63(71-43-52-19-11-5-12-20-52)37-64(34-56)72-44-53-21-13-6-14-22-53/h3-37H,38-47H2,1-2H3/q+1. The number of hydrogen-bond acceptors (Lipinski definition) is 7. The minimum atomic E-state index is 0.276. The van der Waals surface area contributed by atoms with Crippen LogP contribution in [-0.4, -0.2) is 6.67 Å². The summed E-state index contributed by atoms with van der Waals surface area (Å²) in [7, 11) is 0. The predicted octanol–water partition coefficient (Wildman–Crippen LogP) is 14.8. The molecule has 2 heterocycles. The topological polar surface area (TPSA) is 58.6 Å². The summed E-state index contributed by atoms with van der Waals surface area (Å²) in [4.78, 5) is 2.56. The molecule has 8 nitrogen and oxygen atoms in total. The molecule has 0 N–H and O–H groups in total. The Hall–Kier alpha value is -8.46. The first-order chi connectivity index (χ1) is 36.3. The van der Waals surface area contributed by atoms with Crippen LogP contribution in [0.1, 0.15) is 61.2 Å². The maximum atomic E-state index is 6.85. The van der Waals surface area contributed by atoms with E-state index in [0.717, 1.165) is 69.7 Å². The summed E-state index contributed by atoms with van der Waals surface area (Å²) in [5.74, 6) is 4.23. The van der Waals surface area contributed by atoms with Gasteiger partial charge < -0.3 is 33.3 Å². The molecule has 0 fully saturated rings. The Bertz CT molecular complexity index is 3050. The predicted molar refractivity (Wildman–Crippen MR) is 294 cm³/mol. The van der Waals surface area contributed by atoms with Crippen molar-refractivity contribution in [1.29, 1.82) is 0 Å². The molecule has 9 aromatic carbocycles. The van der Waals surface area contributed by atoms with Crippen molar-refractivity contribution in [3.05, 3.63) is 274 Å². The van der Waals surface area contributed by atoms with Crippen molar-refractivity contribution in [3.63, 3.8) is 0 Å². The van der Waals surface area contributed by atoms with E-state index in [4.69, 9.17) is 28.4 Å². The summed E-state index contributed by atoms with van der Waals surface area (Å²) in [6.07, 6.45) is 0. The van der Waals surface area contributed by atoms with Gasteiger partial charge in [0, 0.05) is 34.9 Å². The number of nitrogens with zero attached hydrogens (tertiary/aromatic N) is 2. The largest absolute Gasteiger partial charge is 0.489 e. The molecule has 2 aliphatic heterocycles. The molecule has 1 atom stereocenters. The SMILES string of the molecule is Cc1ccc2c(c1)C[N+]1(Cc3cc(OCc4cc(OCc5ccccc5)cc(OCc5ccccc5)c4)cc(OCc4cc(OCc5ccccc5)cc(OCc5ccccc5)c4)c3)CN2Cc2cc(C)ccc21. The smallest absolute Gasteiger partial charge is 0.160 e. The van der Waals surface area contributed by atoms with Crippen molar-refractivity contribution < 1.29 is 28.4 Å². The monoisotopic (exact) mass is 977 g/mol. The number of benzene rings is 9. The first-order valence-electron chi connectivity index (χ1n) is 25.5. The van der Waals surface area contributed by atoms with E-state index in [1.165, 1.54) is 33.6 Å². The second kappa shape index (κ2) is 22.1. The van der Waals surface area contributed by atoms with Crippen molar-refractivity contribution in [1.82, 2.24) is 4.48 Å². The van der Waals surface area contributed by atoms with Gasteiger partial charge in [-0.3, -0.25) is 4.48 Å². The highest BCUT2D eigenvalue weighted by Gasteiger charge is 2.44. The van der Waals surface area contributed by atoms with Crippen LogP contribution in [0, 0.1) is 13.8 Å². The van der Waals surface area contributed by atoms with Gasteiger partial charge in [0.25, 0.3) is 0 Å². The van der Waals surface area contributed by atoms with E-state index < -0.39 is 0 Å². The molecule has 1 unspecified atom stereocenters. The molecular formula is C66H61N2O6+. The van der Waals surface area contributed by atoms with Gasteiger partial charge in [-0.05, 0) is 108 Å². The fourth-order valence-electron chi connectivity index (χ4n) is 10.2. The average Bonchev–Trinajstić information content (AvgIpc) is 3.43. The van der Waals surface area contributed by atoms with Crippen LogP contribution in [0.2, 0.25) is 0 Å². The quantitative estimate of drug-likeness (QED) is 0.0705. The zero-order valence-electron chi connectivity index (χ0n) is 42.1. The molecule has 0 radical (unpaired) electrons. The number of quaternary nitrogens is 1. The van der Waals surface area contributed by atoms with Gasteiger partial charge in [0.2, 0.25) is 0 Å². The Labute approximate surface area is 435 Å². The molecule has 0 saturated carbocycles. The summed E-state index contributed by atoms with van der Waals surface area (Å²) < 4.78 is 40.0. The summed E-state index contributed by atoms with van der Waals surface area (Å²) >= 11 is 0. The lowest BCUT2D eigenvalue weighted by atomic mass is 9.95. The first kappa shape index (κ1) is 47.8. The second-order valence-electron chi connectivity index (χ2n) is 19.7. The van der Waals surface area contributed by atoms with Crippen molar-refractivity contribution in [3.8, 4) is 34.5 Å². The summed E-state index contributed by atoms with van der Waals surface area (Å²) in [6.45, 7) is 9.98. The Kier molecular flexibility index (Phi) is 14.3. The fourth-order valence-corrected chi connectivity index (χ4v) is 10.2. The van der Waals surface area contributed by atoms with Crippen LogP contribution in [0.15, 0.2) is 212 Å². The molecule has 0 aromatic heterocycles. The van der Waals surface area contributed by atoms with Crippen molar-refractivity contribution in [2.75, 3.05) is 11.6 Å². The van der Waals surface area contributed by atoms with Gasteiger partial charge in [-0.2, -0.15) is 0 Å². The Morgan fingerprint density at radius 3 is 1.11 bits per heavy atom. The molecule has 0 amide bonds. The molecule has 2 bridgehead atoms. The van der Waals surface area contributed by atoms with Gasteiger partial charge in [0.05, 0.1) is 12.2 Å². The van der Waals surface area contributed by atoms with E-state index >= 15 is 0 Å². The maximum Gasteiger partial charge on any atom is 0.160 e. The molecule has 370 valence electrons. The normalized spacial score (nSPS) is 14.3. The van der Waals surface area contributed by atoms with Crippen molar-refractivity contribution in [2.45, 2.75) is 73.1 Å². The van der Waals surface area contributed by atoms with Gasteiger partial charge in [-0.15, -0.1) is 0 Å². The van der Waals surface area contributed by atoms with Crippen LogP contribution < -0.4 is 37.8 Å². The summed E-state index contributed by atoms with van der Waals surface area (Å²) in [5, 5.41) is 0. The zero-order valence-corrected chi connectivity index (χ0v) is 42.1. The molecule has 9 aromatic rings. The van der Waals surface area contributed by atoms with Gasteiger partial charge in [-0.1, -0.05) is 145 Å². The summed E-state index contributed by atoms with van der Waals surface area (Å²) in [5.41, 5.74) is 15.2. The molecule has 0 aliphatic carbocycles. The molecule has 2 aliphatic rings. The molecule has 0 saturated heterocycles. The van der Waals surface area contributed by atoms with Gasteiger partial charge in [0.15, 0.2) is 6.67 Å². The lowest BCUT2D eigenvalue weighted by Gasteiger charge is -2.51. The minimum absolute atomic E-state index is 0.276. The molecule has 74 heavy (non-hydrogen) atoms. The first-order valence-corrected chi connectivity index (χ1v) is 25.5. The van der Waals surface area contributed by atoms with Gasteiger partial charge >= 0.3 is 0 Å². The minimum Gasteiger partial charge on any atom is -0.489 e. The van der Waals surface area contributed by atoms with Crippen LogP contribution in [0.4, 0.5) is 11.4 Å². The van der Waals surface area contributed by atoms with E-state index in [9.17, 15) is 0 Å². The van der Waals surface area contributed by atoms with Crippen molar-refractivity contribution >= 4 is 11.4 Å². The highest BCUT2D eigenvalue weighted by atomic mass is 16.5. The third-order valence-electron chi connectivity index (χ3n) is 13.7. The van der Waals surface area contributed by atoms with Crippen LogP contribution in [-0.2, 0) is 59.3 Å². The fraction of sp³-hybridized carbons (Fsp3) is 0.182. The summed E-state index contributed by atoms with van der Waals surface area (Å²) in [6, 6.07) is 73.1. The van der Waals surface area contributed by atoms with E-state index in [1.807, 2.05) is 115 Å². The third-order valence-corrected chi connectivity index (χ3v) is 13.7. The highest BCUT2D eigenvalue weighted by molar-refractivity contribution is 5.66. The van der Waals surface area contributed by atoms with E-state index in [-0.39, 0.29) is 13.2 Å². The van der Waals surface area contributed by atoms with E-state index in [0.29, 0.717) is 60.9 Å². The Morgan fingerprint density at radius 1 is 0.351 bits per heavy atom. The molecule has 8 heteroatoms. The molecule has 11 rings (SSSR count). The van der Waals surface area contributed by atoms with Crippen LogP contribution in [0.25, 0.3) is 0 Å². The van der Waals surface area contributed by atoms with Crippen molar-refractivity contribution in [2.24, 2.45) is 0 Å². The van der Waals surface area contributed by atoms with Crippen LogP contribution >= 0.6 is 0 Å². The lowest BCUT2D eigenvalue weighted by molar-refractivity contribution is 0.226. The number of fused-ring (bicyclic) bond motifs is 6. The number of aryl methyl sites for hydroxylation is 2. The van der Waals surface area contributed by atoms with E-state index in [2.05, 4.69) is 116 Å². The lowest BCUT2D eigenvalue weighted by Crippen LogP contribution is -2.60. The Morgan fingerprint density at radius 2 is 0.703 bits per heavy atom. The molecule has 0 spiro atoms.